The van der Waals surface area contributed by atoms with E-state index in [1.165, 1.54) is 44.7 Å². The first-order valence-electron chi connectivity index (χ1n) is 23.6. The van der Waals surface area contributed by atoms with Gasteiger partial charge in [0, 0.05) is 29.7 Å². The molecule has 76 heavy (non-hydrogen) atoms. The van der Waals surface area contributed by atoms with Crippen LogP contribution in [-0.2, 0) is 56.0 Å². The van der Waals surface area contributed by atoms with Gasteiger partial charge in [0.1, 0.15) is 71.6 Å². The highest BCUT2D eigenvalue weighted by molar-refractivity contribution is 8.77. The summed E-state index contributed by atoms with van der Waals surface area (Å²) in [6.45, 7) is 14.1. The molecule has 0 aromatic carbocycles. The maximum atomic E-state index is 14.2. The second-order valence-corrected chi connectivity index (χ2v) is 26.1. The van der Waals surface area contributed by atoms with Gasteiger partial charge >= 0.3 is 39.5 Å². The second kappa shape index (κ2) is 25.8. The summed E-state index contributed by atoms with van der Waals surface area (Å²) in [5.41, 5.74) is 9.06. The number of hydrogen-bond donors (Lipinski definition) is 9. The summed E-state index contributed by atoms with van der Waals surface area (Å²) >= 11 is 0. The maximum absolute atomic E-state index is 14.2. The molecule has 2 fully saturated rings. The van der Waals surface area contributed by atoms with Crippen LogP contribution >= 0.6 is 37.2 Å². The summed E-state index contributed by atoms with van der Waals surface area (Å²) in [6, 6.07) is -1.17. The van der Waals surface area contributed by atoms with E-state index in [0.29, 0.717) is 0 Å². The zero-order valence-corrected chi connectivity index (χ0v) is 46.5. The number of nitrogens with one attached hydrogen (secondary N) is 3. The minimum Gasteiger partial charge on any atom is -0.455 e. The van der Waals surface area contributed by atoms with E-state index in [2.05, 4.69) is 40.4 Å². The monoisotopic (exact) mass is 1160 g/mol. The van der Waals surface area contributed by atoms with Crippen molar-refractivity contribution in [2.75, 3.05) is 37.0 Å². The molecule has 11 N–H and O–H groups in total. The van der Waals surface area contributed by atoms with Gasteiger partial charge in [0.2, 0.25) is 5.91 Å². The van der Waals surface area contributed by atoms with Crippen molar-refractivity contribution in [1.29, 1.82) is 0 Å². The number of carbonyl (C=O) groups is 4. The standard InChI is InChI=1S/C42H67N11O19P2S2/c1-40(2,3)70-38(58)49-22(12-10-11-14-45-34(55)23(19-75-76-42(7,8)9)50-39(59)71-41(4,5)6)36(56)69-31-26(68-35(30(31)54)53-21-48-29-32(44)46-20-47-33(29)53)18-66-74(63,64)72-24-16-28(52-15-13-27(43)51-37(52)57)67-25(24)17-65-73(60,61)62/h13,15,20-26,28,30-31,35,54H,10-12,14,16-19H2,1-9H3,(H,45,55)(H,49,58)(H,50,59)(H,63,64)(H2,43,51,57)(H2,44,46,47)(H2,60,61,62)/t22?,23-,24-,25+,26-,28+,30+,31+,35+/m0/s1. The molecule has 30 nitrogen and oxygen atoms in total. The molecule has 426 valence electrons. The average molecular weight is 1160 g/mol. The number of hydrogen-bond acceptors (Lipinski definition) is 24. The van der Waals surface area contributed by atoms with E-state index in [1.54, 1.807) is 41.5 Å². The Balaban J connectivity index is 1.33. The van der Waals surface area contributed by atoms with Gasteiger partial charge in [0.05, 0.1) is 19.5 Å². The maximum Gasteiger partial charge on any atom is 0.472 e. The van der Waals surface area contributed by atoms with Crippen molar-refractivity contribution in [1.82, 2.24) is 45.0 Å². The van der Waals surface area contributed by atoms with Crippen LogP contribution in [0.15, 0.2) is 29.7 Å². The molecule has 3 amide bonds. The fraction of sp³-hybridized carbons (Fsp3) is 0.690. The van der Waals surface area contributed by atoms with E-state index in [4.69, 9.17) is 44.2 Å². The first-order chi connectivity index (χ1) is 35.2. The van der Waals surface area contributed by atoms with E-state index < -0.39 is 125 Å². The number of carbonyl (C=O) groups excluding carboxylic acids is 4. The van der Waals surface area contributed by atoms with Crippen LogP contribution in [-0.4, -0.2) is 157 Å². The molecular weight excluding hydrogens is 1090 g/mol. The molecule has 2 aliphatic rings. The first kappa shape index (κ1) is 62.2. The number of aromatic nitrogens is 6. The van der Waals surface area contributed by atoms with Gasteiger partial charge in [-0.2, -0.15) is 4.98 Å². The number of ether oxygens (including phenoxy) is 5. The van der Waals surface area contributed by atoms with E-state index >= 15 is 0 Å². The van der Waals surface area contributed by atoms with Crippen molar-refractivity contribution in [2.45, 2.75) is 159 Å². The molecule has 0 saturated carbocycles. The number of nitrogen functional groups attached to an aromatic ring is 2. The number of aliphatic hydroxyl groups excluding tert-OH is 1. The van der Waals surface area contributed by atoms with Gasteiger partial charge in [-0.25, -0.2) is 43.3 Å². The number of phosphoric acid groups is 2. The molecule has 2 saturated heterocycles. The second-order valence-electron chi connectivity index (χ2n) is 20.3. The lowest BCUT2D eigenvalue weighted by molar-refractivity contribution is -0.159. The summed E-state index contributed by atoms with van der Waals surface area (Å²) in [5, 5.41) is 19.8. The third-order valence-electron chi connectivity index (χ3n) is 10.4. The summed E-state index contributed by atoms with van der Waals surface area (Å²) in [5.74, 6) is -1.55. The highest BCUT2D eigenvalue weighted by Crippen LogP contribution is 2.50. The number of aliphatic hydroxyl groups is 1. The molecule has 0 aliphatic carbocycles. The molecule has 10 atom stereocenters. The number of anilines is 2. The normalized spacial score (nSPS) is 22.8. The predicted octanol–water partition coefficient (Wildman–Crippen LogP) is 2.57. The van der Waals surface area contributed by atoms with E-state index in [9.17, 15) is 52.9 Å². The lowest BCUT2D eigenvalue weighted by Gasteiger charge is -2.26. The SMILES string of the molecule is CC(C)(C)OC(=O)NC(CCCCNC(=O)[C@H](CSSC(C)(C)C)NC(=O)OC(C)(C)C)C(=O)O[C@H]1[C@@H](O)[C@H](n2cnc3c(N)ncnc32)O[C@H]1COP(=O)(O)O[C@H]1C[C@H](n2ccc(N)nc2=O)O[C@@H]1COP(=O)(O)O. The Morgan fingerprint density at radius 3 is 2.14 bits per heavy atom. The van der Waals surface area contributed by atoms with Crippen molar-refractivity contribution in [3.05, 3.63) is 35.4 Å². The summed E-state index contributed by atoms with van der Waals surface area (Å²) in [4.78, 5) is 112. The van der Waals surface area contributed by atoms with E-state index in [-0.39, 0.29) is 65.5 Å². The van der Waals surface area contributed by atoms with Crippen LogP contribution < -0.4 is 33.1 Å². The van der Waals surface area contributed by atoms with Gasteiger partial charge in [-0.1, -0.05) is 42.4 Å². The molecule has 2 unspecified atom stereocenters. The Kier molecular flexibility index (Phi) is 21.1. The molecule has 3 aromatic rings. The molecule has 3 aromatic heterocycles. The van der Waals surface area contributed by atoms with Crippen LogP contribution in [0.1, 0.15) is 100 Å². The van der Waals surface area contributed by atoms with Gasteiger partial charge in [0.15, 0.2) is 23.8 Å². The number of rotatable bonds is 23. The van der Waals surface area contributed by atoms with Crippen molar-refractivity contribution in [3.63, 3.8) is 0 Å². The van der Waals surface area contributed by atoms with Gasteiger partial charge in [-0.3, -0.25) is 27.5 Å². The smallest absolute Gasteiger partial charge is 0.455 e. The Labute approximate surface area is 444 Å². The quantitative estimate of drug-likeness (QED) is 0.0217. The lowest BCUT2D eigenvalue weighted by atomic mass is 10.1. The van der Waals surface area contributed by atoms with Gasteiger partial charge in [-0.05, 0) is 66.9 Å². The fourth-order valence-corrected chi connectivity index (χ4v) is 11.0. The van der Waals surface area contributed by atoms with E-state index in [1.807, 2.05) is 20.8 Å². The van der Waals surface area contributed by atoms with Gasteiger partial charge in [-0.15, -0.1) is 0 Å². The highest BCUT2D eigenvalue weighted by Gasteiger charge is 2.50. The van der Waals surface area contributed by atoms with Gasteiger partial charge < -0.3 is 70.9 Å². The molecule has 5 heterocycles. The first-order valence-corrected chi connectivity index (χ1v) is 28.9. The number of esters is 1. The number of unbranched alkanes of at least 4 members (excludes halogenated alkanes) is 1. The largest absolute Gasteiger partial charge is 0.472 e. The van der Waals surface area contributed by atoms with Crippen molar-refractivity contribution < 1.29 is 85.4 Å². The Bertz CT molecular complexity index is 2660. The Morgan fingerprint density at radius 2 is 1.53 bits per heavy atom. The molecule has 5 rings (SSSR count). The number of nitrogens with zero attached hydrogens (tertiary/aromatic N) is 6. The number of nitrogens with two attached hydrogens (primary N) is 2. The average Bonchev–Trinajstić information content (AvgIpc) is 3.97. The van der Waals surface area contributed by atoms with Crippen LogP contribution in [0.3, 0.4) is 0 Å². The zero-order valence-electron chi connectivity index (χ0n) is 43.1. The fourth-order valence-electron chi connectivity index (χ4n) is 7.24. The topological polar surface area (TPSA) is 424 Å². The van der Waals surface area contributed by atoms with Crippen LogP contribution in [0.5, 0.6) is 0 Å². The molecule has 0 bridgehead atoms. The molecule has 2 aliphatic heterocycles. The van der Waals surface area contributed by atoms with Crippen LogP contribution in [0.2, 0.25) is 0 Å². The molecule has 0 radical (unpaired) electrons. The number of alkyl carbamates (subject to hydrolysis) is 2. The van der Waals surface area contributed by atoms with Crippen molar-refractivity contribution in [2.24, 2.45) is 0 Å². The third-order valence-corrected chi connectivity index (χ3v) is 15.2. The van der Waals surface area contributed by atoms with Gasteiger partial charge in [0.25, 0.3) is 0 Å². The minimum absolute atomic E-state index is 0.0280. The summed E-state index contributed by atoms with van der Waals surface area (Å²) in [7, 11) is -7.50. The number of imidazole rings is 1. The number of fused-ring (bicyclic) bond motifs is 1. The van der Waals surface area contributed by atoms with Crippen LogP contribution in [0, 0.1) is 0 Å². The van der Waals surface area contributed by atoms with E-state index in [0.717, 1.165) is 10.9 Å². The Morgan fingerprint density at radius 1 is 0.882 bits per heavy atom. The highest BCUT2D eigenvalue weighted by atomic mass is 33.1. The Hall–Kier alpha value is -4.69. The summed E-state index contributed by atoms with van der Waals surface area (Å²) in [6.07, 6.45) is -9.24. The van der Waals surface area contributed by atoms with Crippen LogP contribution in [0.4, 0.5) is 21.2 Å². The molecular formula is C42H67N11O19P2S2. The third kappa shape index (κ3) is 19.3. The number of phosphoric ester groups is 2. The molecule has 34 heteroatoms. The minimum atomic E-state index is -5.30. The molecule has 0 spiro atoms. The predicted molar refractivity (Wildman–Crippen MR) is 273 cm³/mol. The van der Waals surface area contributed by atoms with Crippen LogP contribution in [0.25, 0.3) is 11.2 Å². The summed E-state index contributed by atoms with van der Waals surface area (Å²) < 4.78 is 71.3. The zero-order chi connectivity index (χ0) is 56.6. The lowest BCUT2D eigenvalue weighted by Crippen LogP contribution is -2.49. The van der Waals surface area contributed by atoms with Crippen molar-refractivity contribution in [3.8, 4) is 0 Å². The number of amides is 3. The van der Waals surface area contributed by atoms with Crippen molar-refractivity contribution >= 4 is 84.1 Å².